The van der Waals surface area contributed by atoms with Crippen molar-refractivity contribution in [1.29, 1.82) is 0 Å². The van der Waals surface area contributed by atoms with Crippen LogP contribution in [0.15, 0.2) is 48.9 Å². The van der Waals surface area contributed by atoms with Crippen LogP contribution >= 0.6 is 0 Å². The second kappa shape index (κ2) is 4.63. The van der Waals surface area contributed by atoms with Gasteiger partial charge in [0.1, 0.15) is 11.5 Å². The molecule has 0 unspecified atom stereocenters. The number of hydrogen-bond donors (Lipinski definition) is 0. The van der Waals surface area contributed by atoms with Crippen LogP contribution in [0.1, 0.15) is 12.8 Å². The summed E-state index contributed by atoms with van der Waals surface area (Å²) in [6, 6.07) is 10.4. The van der Waals surface area contributed by atoms with E-state index in [0.717, 1.165) is 35.8 Å². The SMILES string of the molecule is c1cc(-c2ccc(N3CCCC3)nc2)n2ccnc2c1. The van der Waals surface area contributed by atoms with Crippen LogP contribution in [0.4, 0.5) is 5.82 Å². The lowest BCUT2D eigenvalue weighted by Gasteiger charge is -2.16. The molecule has 0 aromatic carbocycles. The summed E-state index contributed by atoms with van der Waals surface area (Å²) in [4.78, 5) is 11.3. The second-order valence-electron chi connectivity index (χ2n) is 5.17. The van der Waals surface area contributed by atoms with Crippen molar-refractivity contribution >= 4 is 11.5 Å². The zero-order chi connectivity index (χ0) is 13.4. The predicted octanol–water partition coefficient (Wildman–Crippen LogP) is 3.00. The molecule has 3 aromatic heterocycles. The van der Waals surface area contributed by atoms with Crippen LogP contribution in [-0.4, -0.2) is 27.5 Å². The molecule has 1 saturated heterocycles. The van der Waals surface area contributed by atoms with E-state index in [1.807, 2.05) is 30.7 Å². The van der Waals surface area contributed by atoms with Crippen molar-refractivity contribution in [2.75, 3.05) is 18.0 Å². The molecule has 4 nitrogen and oxygen atoms in total. The van der Waals surface area contributed by atoms with Crippen molar-refractivity contribution in [3.05, 3.63) is 48.9 Å². The molecule has 0 radical (unpaired) electrons. The monoisotopic (exact) mass is 264 g/mol. The molecule has 0 saturated carbocycles. The molecule has 1 fully saturated rings. The van der Waals surface area contributed by atoms with Gasteiger partial charge in [-0.3, -0.25) is 4.40 Å². The van der Waals surface area contributed by atoms with Crippen LogP contribution in [0.2, 0.25) is 0 Å². The van der Waals surface area contributed by atoms with Gasteiger partial charge in [-0.15, -0.1) is 0 Å². The lowest BCUT2D eigenvalue weighted by molar-refractivity contribution is 0.937. The van der Waals surface area contributed by atoms with Crippen molar-refractivity contribution in [1.82, 2.24) is 14.4 Å². The molecule has 1 aliphatic rings. The number of hydrogen-bond acceptors (Lipinski definition) is 3. The third kappa shape index (κ3) is 1.84. The first-order valence-electron chi connectivity index (χ1n) is 7.05. The molecule has 1 aliphatic heterocycles. The van der Waals surface area contributed by atoms with E-state index in [-0.39, 0.29) is 0 Å². The Morgan fingerprint density at radius 2 is 1.85 bits per heavy atom. The Morgan fingerprint density at radius 1 is 0.950 bits per heavy atom. The minimum absolute atomic E-state index is 0.964. The summed E-state index contributed by atoms with van der Waals surface area (Å²) in [5, 5.41) is 0. The molecular weight excluding hydrogens is 248 g/mol. The molecule has 20 heavy (non-hydrogen) atoms. The van der Waals surface area contributed by atoms with E-state index in [9.17, 15) is 0 Å². The summed E-state index contributed by atoms with van der Waals surface area (Å²) in [7, 11) is 0. The number of anilines is 1. The highest BCUT2D eigenvalue weighted by Crippen LogP contribution is 2.23. The Hall–Kier alpha value is -2.36. The summed E-state index contributed by atoms with van der Waals surface area (Å²) in [5.41, 5.74) is 3.21. The van der Waals surface area contributed by atoms with Gasteiger partial charge in [0, 0.05) is 37.2 Å². The van der Waals surface area contributed by atoms with Gasteiger partial charge in [-0.05, 0) is 37.1 Å². The van der Waals surface area contributed by atoms with Crippen molar-refractivity contribution in [3.63, 3.8) is 0 Å². The van der Waals surface area contributed by atoms with Crippen LogP contribution in [0.3, 0.4) is 0 Å². The van der Waals surface area contributed by atoms with Gasteiger partial charge in [0.2, 0.25) is 0 Å². The standard InChI is InChI=1S/C16H16N4/c1-2-10-19(9-1)15-7-6-13(12-18-15)14-4-3-5-16-17-8-11-20(14)16/h3-8,11-12H,1-2,9-10H2. The summed E-state index contributed by atoms with van der Waals surface area (Å²) < 4.78 is 2.09. The van der Waals surface area contributed by atoms with Gasteiger partial charge < -0.3 is 4.90 Å². The van der Waals surface area contributed by atoms with Gasteiger partial charge in [-0.1, -0.05) is 6.07 Å². The van der Waals surface area contributed by atoms with E-state index < -0.39 is 0 Å². The van der Waals surface area contributed by atoms with E-state index in [0.29, 0.717) is 0 Å². The smallest absolute Gasteiger partial charge is 0.137 e. The van der Waals surface area contributed by atoms with Crippen molar-refractivity contribution in [2.24, 2.45) is 0 Å². The zero-order valence-corrected chi connectivity index (χ0v) is 11.2. The average molecular weight is 264 g/mol. The maximum Gasteiger partial charge on any atom is 0.137 e. The molecule has 0 atom stereocenters. The third-order valence-electron chi connectivity index (χ3n) is 3.90. The Kier molecular flexibility index (Phi) is 2.66. The molecule has 0 amide bonds. The number of nitrogens with zero attached hydrogens (tertiary/aromatic N) is 4. The number of pyridine rings is 2. The van der Waals surface area contributed by atoms with Gasteiger partial charge in [-0.2, -0.15) is 0 Å². The molecule has 4 heterocycles. The molecule has 0 bridgehead atoms. The zero-order valence-electron chi connectivity index (χ0n) is 11.2. The fourth-order valence-electron chi connectivity index (χ4n) is 2.85. The quantitative estimate of drug-likeness (QED) is 0.713. The fraction of sp³-hybridized carbons (Fsp3) is 0.250. The predicted molar refractivity (Wildman–Crippen MR) is 79.9 cm³/mol. The highest BCUT2D eigenvalue weighted by molar-refractivity contribution is 5.64. The first kappa shape index (κ1) is 11.5. The van der Waals surface area contributed by atoms with Gasteiger partial charge >= 0.3 is 0 Å². The Balaban J connectivity index is 1.73. The lowest BCUT2D eigenvalue weighted by atomic mass is 10.2. The highest BCUT2D eigenvalue weighted by atomic mass is 15.2. The van der Waals surface area contributed by atoms with Crippen molar-refractivity contribution < 1.29 is 0 Å². The molecular formula is C16H16N4. The fourth-order valence-corrected chi connectivity index (χ4v) is 2.85. The first-order chi connectivity index (χ1) is 9.92. The van der Waals surface area contributed by atoms with Crippen LogP contribution in [0.5, 0.6) is 0 Å². The number of aromatic nitrogens is 3. The minimum atomic E-state index is 0.964. The number of imidazole rings is 1. The number of rotatable bonds is 2. The van der Waals surface area contributed by atoms with Gasteiger partial charge in [0.05, 0.1) is 5.69 Å². The highest BCUT2D eigenvalue weighted by Gasteiger charge is 2.13. The molecule has 100 valence electrons. The number of fused-ring (bicyclic) bond motifs is 1. The largest absolute Gasteiger partial charge is 0.357 e. The Bertz CT molecular complexity index is 724. The molecule has 0 spiro atoms. The maximum absolute atomic E-state index is 4.62. The lowest BCUT2D eigenvalue weighted by Crippen LogP contribution is -2.18. The van der Waals surface area contributed by atoms with Gasteiger partial charge in [-0.25, -0.2) is 9.97 Å². The molecule has 0 aliphatic carbocycles. The Morgan fingerprint density at radius 3 is 2.65 bits per heavy atom. The van der Waals surface area contributed by atoms with Crippen molar-refractivity contribution in [3.8, 4) is 11.3 Å². The van der Waals surface area contributed by atoms with E-state index >= 15 is 0 Å². The molecule has 3 aromatic rings. The van der Waals surface area contributed by atoms with Crippen LogP contribution in [0, 0.1) is 0 Å². The van der Waals surface area contributed by atoms with Gasteiger partial charge in [0.25, 0.3) is 0 Å². The van der Waals surface area contributed by atoms with Crippen molar-refractivity contribution in [2.45, 2.75) is 12.8 Å². The normalized spacial score (nSPS) is 15.1. The summed E-state index contributed by atoms with van der Waals surface area (Å²) in [6.07, 6.45) is 8.32. The summed E-state index contributed by atoms with van der Waals surface area (Å²) in [5.74, 6) is 1.09. The topological polar surface area (TPSA) is 33.4 Å². The van der Waals surface area contributed by atoms with Crippen LogP contribution in [0.25, 0.3) is 16.9 Å². The van der Waals surface area contributed by atoms with E-state index in [1.54, 1.807) is 0 Å². The third-order valence-corrected chi connectivity index (χ3v) is 3.90. The summed E-state index contributed by atoms with van der Waals surface area (Å²) >= 11 is 0. The molecule has 0 N–H and O–H groups in total. The maximum atomic E-state index is 4.62. The van der Waals surface area contributed by atoms with E-state index in [1.165, 1.54) is 12.8 Å². The van der Waals surface area contributed by atoms with Crippen LogP contribution < -0.4 is 4.90 Å². The Labute approximate surface area is 117 Å². The van der Waals surface area contributed by atoms with E-state index in [4.69, 9.17) is 0 Å². The van der Waals surface area contributed by atoms with Gasteiger partial charge in [0.15, 0.2) is 0 Å². The molecule has 4 heteroatoms. The second-order valence-corrected chi connectivity index (χ2v) is 5.17. The minimum Gasteiger partial charge on any atom is -0.357 e. The average Bonchev–Trinajstić information content (AvgIpc) is 3.18. The van der Waals surface area contributed by atoms with Crippen LogP contribution in [-0.2, 0) is 0 Å². The molecule has 4 rings (SSSR count). The first-order valence-corrected chi connectivity index (χ1v) is 7.05. The summed E-state index contributed by atoms with van der Waals surface area (Å²) in [6.45, 7) is 2.26. The van der Waals surface area contributed by atoms with E-state index in [2.05, 4.69) is 37.5 Å².